The number of nitrogens with one attached hydrogen (secondary N) is 1. The average Bonchev–Trinajstić information content (AvgIpc) is 2.23. The highest BCUT2D eigenvalue weighted by Gasteiger charge is 2.30. The zero-order valence-corrected chi connectivity index (χ0v) is 12.4. The molecule has 1 saturated heterocycles. The van der Waals surface area contributed by atoms with Gasteiger partial charge in [-0.2, -0.15) is 0 Å². The smallest absolute Gasteiger partial charge is 0.0252 e. The van der Waals surface area contributed by atoms with E-state index in [1.807, 2.05) is 0 Å². The van der Waals surface area contributed by atoms with Gasteiger partial charge in [0.15, 0.2) is 0 Å². The van der Waals surface area contributed by atoms with Crippen LogP contribution in [0, 0.1) is 0 Å². The summed E-state index contributed by atoms with van der Waals surface area (Å²) in [5, 5.41) is 3.65. The summed E-state index contributed by atoms with van der Waals surface area (Å²) < 4.78 is 0. The van der Waals surface area contributed by atoms with E-state index in [0.717, 1.165) is 12.6 Å². The number of rotatable bonds is 6. The first-order valence-corrected chi connectivity index (χ1v) is 7.08. The first-order chi connectivity index (χ1) is 7.94. The Morgan fingerprint density at radius 1 is 1.29 bits per heavy atom. The Balaban J connectivity index is 2.32. The molecule has 1 atom stereocenters. The van der Waals surface area contributed by atoms with E-state index in [4.69, 9.17) is 0 Å². The average molecular weight is 241 g/mol. The molecule has 1 heterocycles. The van der Waals surface area contributed by atoms with Gasteiger partial charge >= 0.3 is 0 Å². The van der Waals surface area contributed by atoms with E-state index in [1.165, 1.54) is 38.9 Å². The maximum Gasteiger partial charge on any atom is 0.0252 e. The van der Waals surface area contributed by atoms with Gasteiger partial charge in [0, 0.05) is 24.7 Å². The first-order valence-electron chi connectivity index (χ1n) is 7.08. The van der Waals surface area contributed by atoms with Crippen molar-refractivity contribution >= 4 is 0 Å². The van der Waals surface area contributed by atoms with Crippen molar-refractivity contribution in [2.75, 3.05) is 40.3 Å². The lowest BCUT2D eigenvalue weighted by molar-refractivity contribution is 0.0904. The lowest BCUT2D eigenvalue weighted by atomic mass is 9.97. The first kappa shape index (κ1) is 14.9. The Bertz CT molecular complexity index is 214. The molecule has 0 spiro atoms. The molecule has 0 aromatic carbocycles. The molecule has 0 aliphatic carbocycles. The van der Waals surface area contributed by atoms with Gasteiger partial charge in [-0.05, 0) is 60.3 Å². The second kappa shape index (κ2) is 6.72. The van der Waals surface area contributed by atoms with Gasteiger partial charge in [-0.3, -0.25) is 4.90 Å². The van der Waals surface area contributed by atoms with E-state index < -0.39 is 0 Å². The predicted molar refractivity (Wildman–Crippen MR) is 75.5 cm³/mol. The van der Waals surface area contributed by atoms with Crippen molar-refractivity contribution in [2.45, 2.75) is 51.6 Å². The van der Waals surface area contributed by atoms with Crippen molar-refractivity contribution in [1.82, 2.24) is 15.1 Å². The van der Waals surface area contributed by atoms with Gasteiger partial charge in [0.05, 0.1) is 0 Å². The maximum atomic E-state index is 3.65. The van der Waals surface area contributed by atoms with Crippen molar-refractivity contribution in [3.8, 4) is 0 Å². The fourth-order valence-electron chi connectivity index (χ4n) is 2.62. The summed E-state index contributed by atoms with van der Waals surface area (Å²) >= 11 is 0. The molecule has 0 aromatic heterocycles. The zero-order valence-electron chi connectivity index (χ0n) is 12.4. The molecule has 3 heteroatoms. The van der Waals surface area contributed by atoms with Gasteiger partial charge in [-0.15, -0.1) is 0 Å². The van der Waals surface area contributed by atoms with Crippen LogP contribution in [0.4, 0.5) is 0 Å². The van der Waals surface area contributed by atoms with E-state index >= 15 is 0 Å². The molecule has 1 rings (SSSR count). The summed E-state index contributed by atoms with van der Waals surface area (Å²) in [7, 11) is 4.31. The molecule has 0 radical (unpaired) electrons. The van der Waals surface area contributed by atoms with Gasteiger partial charge in [0.1, 0.15) is 0 Å². The van der Waals surface area contributed by atoms with Crippen LogP contribution in [0.15, 0.2) is 0 Å². The van der Waals surface area contributed by atoms with Crippen LogP contribution in [-0.2, 0) is 0 Å². The quantitative estimate of drug-likeness (QED) is 0.715. The maximum absolute atomic E-state index is 3.65. The third-order valence-corrected chi connectivity index (χ3v) is 3.70. The third kappa shape index (κ3) is 5.36. The molecule has 1 unspecified atom stereocenters. The van der Waals surface area contributed by atoms with Crippen LogP contribution in [0.5, 0.6) is 0 Å². The Kier molecular flexibility index (Phi) is 5.90. The second-order valence-corrected chi connectivity index (χ2v) is 6.31. The molecule has 102 valence electrons. The predicted octanol–water partition coefficient (Wildman–Crippen LogP) is 1.79. The third-order valence-electron chi connectivity index (χ3n) is 3.70. The van der Waals surface area contributed by atoms with Gasteiger partial charge in [-0.1, -0.05) is 6.92 Å². The van der Waals surface area contributed by atoms with Crippen molar-refractivity contribution in [2.24, 2.45) is 0 Å². The van der Waals surface area contributed by atoms with Crippen LogP contribution < -0.4 is 5.32 Å². The van der Waals surface area contributed by atoms with Gasteiger partial charge in [0.25, 0.3) is 0 Å². The highest BCUT2D eigenvalue weighted by molar-refractivity contribution is 4.91. The second-order valence-electron chi connectivity index (χ2n) is 6.31. The Hall–Kier alpha value is -0.120. The van der Waals surface area contributed by atoms with Crippen LogP contribution in [0.3, 0.4) is 0 Å². The summed E-state index contributed by atoms with van der Waals surface area (Å²) in [4.78, 5) is 4.96. The van der Waals surface area contributed by atoms with Gasteiger partial charge in [-0.25, -0.2) is 0 Å². The van der Waals surface area contributed by atoms with E-state index in [9.17, 15) is 0 Å². The van der Waals surface area contributed by atoms with Crippen molar-refractivity contribution in [3.05, 3.63) is 0 Å². The van der Waals surface area contributed by atoms with Gasteiger partial charge < -0.3 is 10.2 Å². The number of unbranched alkanes of at least 4 members (excludes halogenated alkanes) is 1. The number of piperazine rings is 1. The molecule has 0 bridgehead atoms. The summed E-state index contributed by atoms with van der Waals surface area (Å²) in [5.41, 5.74) is 0.285. The minimum Gasteiger partial charge on any atom is -0.309 e. The Labute approximate surface area is 108 Å². The number of hydrogen-bond donors (Lipinski definition) is 1. The molecule has 0 aromatic rings. The highest BCUT2D eigenvalue weighted by Crippen LogP contribution is 2.17. The zero-order chi connectivity index (χ0) is 12.9. The minimum absolute atomic E-state index is 0.285. The van der Waals surface area contributed by atoms with Crippen LogP contribution in [0.1, 0.15) is 40.0 Å². The Morgan fingerprint density at radius 3 is 2.59 bits per heavy atom. The number of hydrogen-bond acceptors (Lipinski definition) is 3. The fraction of sp³-hybridized carbons (Fsp3) is 1.00. The topological polar surface area (TPSA) is 18.5 Å². The monoisotopic (exact) mass is 241 g/mol. The summed E-state index contributed by atoms with van der Waals surface area (Å²) in [6.07, 6.45) is 3.90. The van der Waals surface area contributed by atoms with E-state index in [0.29, 0.717) is 0 Å². The molecule has 1 aliphatic rings. The lowest BCUT2D eigenvalue weighted by Crippen LogP contribution is -2.61. The number of nitrogens with zero attached hydrogens (tertiary/aromatic N) is 2. The molecule has 1 fully saturated rings. The minimum atomic E-state index is 0.285. The molecular formula is C14H31N3. The van der Waals surface area contributed by atoms with E-state index in [2.05, 4.69) is 50.0 Å². The lowest BCUT2D eigenvalue weighted by Gasteiger charge is -2.44. The van der Waals surface area contributed by atoms with Gasteiger partial charge in [0.2, 0.25) is 0 Å². The van der Waals surface area contributed by atoms with Crippen molar-refractivity contribution < 1.29 is 0 Å². The van der Waals surface area contributed by atoms with Crippen LogP contribution in [0.2, 0.25) is 0 Å². The van der Waals surface area contributed by atoms with Crippen LogP contribution in [-0.4, -0.2) is 61.7 Å². The molecular weight excluding hydrogens is 210 g/mol. The molecule has 0 amide bonds. The van der Waals surface area contributed by atoms with Crippen LogP contribution >= 0.6 is 0 Å². The highest BCUT2D eigenvalue weighted by atomic mass is 15.2. The largest absolute Gasteiger partial charge is 0.309 e. The summed E-state index contributed by atoms with van der Waals surface area (Å²) in [6, 6.07) is 0.738. The summed E-state index contributed by atoms with van der Waals surface area (Å²) in [6.45, 7) is 11.7. The van der Waals surface area contributed by atoms with Crippen molar-refractivity contribution in [3.63, 3.8) is 0 Å². The Morgan fingerprint density at radius 2 is 2.00 bits per heavy atom. The van der Waals surface area contributed by atoms with E-state index in [1.54, 1.807) is 0 Å². The van der Waals surface area contributed by atoms with E-state index in [-0.39, 0.29) is 5.54 Å². The normalized spacial score (nSPS) is 25.4. The fourth-order valence-corrected chi connectivity index (χ4v) is 2.62. The molecule has 0 saturated carbocycles. The van der Waals surface area contributed by atoms with Crippen LogP contribution in [0.25, 0.3) is 0 Å². The van der Waals surface area contributed by atoms with Crippen molar-refractivity contribution in [1.29, 1.82) is 0 Å². The molecule has 1 N–H and O–H groups in total. The molecule has 17 heavy (non-hydrogen) atoms. The molecule has 1 aliphatic heterocycles. The summed E-state index contributed by atoms with van der Waals surface area (Å²) in [5.74, 6) is 0. The standard InChI is InChI=1S/C14H31N3/c1-6-13-11-15-14(2,3)12-17(13)10-8-7-9-16(4)5/h13,15H,6-12H2,1-5H3. The SMILES string of the molecule is CCC1CNC(C)(C)CN1CCCCN(C)C. The molecule has 3 nitrogen and oxygen atoms in total.